The molecule has 1 aromatic rings. The third kappa shape index (κ3) is 2.10. The number of aliphatic hydroxyl groups is 1. The Hall–Kier alpha value is -0.940. The summed E-state index contributed by atoms with van der Waals surface area (Å²) in [5.74, 6) is 1.28. The summed E-state index contributed by atoms with van der Waals surface area (Å²) in [6, 6.07) is 0. The van der Waals surface area contributed by atoms with Gasteiger partial charge in [0.2, 0.25) is 5.89 Å². The lowest BCUT2D eigenvalue weighted by Crippen LogP contribution is -2.29. The fourth-order valence-electron chi connectivity index (χ4n) is 1.77. The molecule has 1 aromatic heterocycles. The van der Waals surface area contributed by atoms with Crippen molar-refractivity contribution in [3.05, 3.63) is 11.7 Å². The molecule has 78 valence electrons. The van der Waals surface area contributed by atoms with Crippen molar-refractivity contribution in [2.75, 3.05) is 13.1 Å². The van der Waals surface area contributed by atoms with Crippen LogP contribution in [-0.2, 0) is 6.54 Å². The van der Waals surface area contributed by atoms with E-state index >= 15 is 0 Å². The van der Waals surface area contributed by atoms with Gasteiger partial charge < -0.3 is 9.63 Å². The Bertz CT molecular complexity index is 322. The molecule has 0 spiro atoms. The number of β-amino-alcohol motifs (C(OH)–C–C–N with tert-alkyl or cyclic N) is 1. The second-order valence-corrected chi connectivity index (χ2v) is 4.19. The van der Waals surface area contributed by atoms with Crippen molar-refractivity contribution in [1.82, 2.24) is 15.0 Å². The van der Waals surface area contributed by atoms with Gasteiger partial charge in [0.05, 0.1) is 12.1 Å². The van der Waals surface area contributed by atoms with Crippen molar-refractivity contribution in [1.29, 1.82) is 0 Å². The topological polar surface area (TPSA) is 62.4 Å². The van der Waals surface area contributed by atoms with Gasteiger partial charge in [0, 0.05) is 13.1 Å². The maximum Gasteiger partial charge on any atom is 0.240 e. The van der Waals surface area contributed by atoms with Crippen molar-refractivity contribution < 1.29 is 9.63 Å². The molecule has 0 aliphatic carbocycles. The molecule has 1 aliphatic rings. The molecule has 2 heterocycles. The van der Waals surface area contributed by atoms with Crippen LogP contribution in [0.5, 0.6) is 0 Å². The summed E-state index contributed by atoms with van der Waals surface area (Å²) in [6.07, 6.45) is 0.806. The summed E-state index contributed by atoms with van der Waals surface area (Å²) >= 11 is 0. The maximum atomic E-state index is 9.74. The van der Waals surface area contributed by atoms with Crippen LogP contribution in [-0.4, -0.2) is 38.8 Å². The molecule has 0 aromatic carbocycles. The Morgan fingerprint density at radius 2 is 2.43 bits per heavy atom. The zero-order valence-electron chi connectivity index (χ0n) is 8.53. The zero-order valence-corrected chi connectivity index (χ0v) is 8.53. The van der Waals surface area contributed by atoms with Gasteiger partial charge in [0.1, 0.15) is 0 Å². The van der Waals surface area contributed by atoms with Gasteiger partial charge in [-0.1, -0.05) is 5.16 Å². The van der Waals surface area contributed by atoms with Crippen LogP contribution in [0, 0.1) is 6.92 Å². The first-order valence-corrected chi connectivity index (χ1v) is 4.79. The van der Waals surface area contributed by atoms with Gasteiger partial charge >= 0.3 is 0 Å². The Morgan fingerprint density at radius 3 is 2.93 bits per heavy atom. The van der Waals surface area contributed by atoms with Gasteiger partial charge in [-0.05, 0) is 20.3 Å². The Morgan fingerprint density at radius 1 is 1.64 bits per heavy atom. The quantitative estimate of drug-likeness (QED) is 0.740. The van der Waals surface area contributed by atoms with E-state index in [1.54, 1.807) is 6.92 Å². The first-order valence-electron chi connectivity index (χ1n) is 4.79. The number of rotatable bonds is 2. The molecule has 0 saturated carbocycles. The molecule has 5 nitrogen and oxygen atoms in total. The van der Waals surface area contributed by atoms with Gasteiger partial charge in [-0.3, -0.25) is 4.90 Å². The largest absolute Gasteiger partial charge is 0.389 e. The van der Waals surface area contributed by atoms with E-state index < -0.39 is 5.60 Å². The second-order valence-electron chi connectivity index (χ2n) is 4.19. The van der Waals surface area contributed by atoms with Crippen molar-refractivity contribution >= 4 is 0 Å². The highest BCUT2D eigenvalue weighted by Crippen LogP contribution is 2.21. The fourth-order valence-corrected chi connectivity index (χ4v) is 1.77. The molecule has 1 aliphatic heterocycles. The van der Waals surface area contributed by atoms with Crippen LogP contribution in [0.2, 0.25) is 0 Å². The minimum absolute atomic E-state index is 0.560. The highest BCUT2D eigenvalue weighted by Gasteiger charge is 2.31. The molecule has 1 unspecified atom stereocenters. The molecule has 0 amide bonds. The summed E-state index contributed by atoms with van der Waals surface area (Å²) in [4.78, 5) is 6.24. The average Bonchev–Trinajstić information content (AvgIpc) is 2.59. The van der Waals surface area contributed by atoms with Gasteiger partial charge in [-0.25, -0.2) is 0 Å². The van der Waals surface area contributed by atoms with Crippen LogP contribution in [0.4, 0.5) is 0 Å². The number of nitrogens with zero attached hydrogens (tertiary/aromatic N) is 3. The van der Waals surface area contributed by atoms with Crippen LogP contribution >= 0.6 is 0 Å². The molecule has 1 saturated heterocycles. The first-order chi connectivity index (χ1) is 6.55. The molecule has 0 radical (unpaired) electrons. The van der Waals surface area contributed by atoms with E-state index in [1.165, 1.54) is 0 Å². The van der Waals surface area contributed by atoms with Crippen LogP contribution in [0.3, 0.4) is 0 Å². The number of hydrogen-bond acceptors (Lipinski definition) is 5. The van der Waals surface area contributed by atoms with Crippen LogP contribution < -0.4 is 0 Å². The molecule has 2 rings (SSSR count). The smallest absolute Gasteiger partial charge is 0.240 e. The predicted octanol–water partition coefficient (Wildman–Crippen LogP) is 0.335. The molecule has 14 heavy (non-hydrogen) atoms. The summed E-state index contributed by atoms with van der Waals surface area (Å²) in [6.45, 7) is 5.85. The highest BCUT2D eigenvalue weighted by atomic mass is 16.5. The molecule has 1 fully saturated rings. The van der Waals surface area contributed by atoms with E-state index in [1.807, 2.05) is 6.92 Å². The van der Waals surface area contributed by atoms with Crippen molar-refractivity contribution in [2.24, 2.45) is 0 Å². The average molecular weight is 197 g/mol. The van der Waals surface area contributed by atoms with E-state index in [0.29, 0.717) is 24.8 Å². The monoisotopic (exact) mass is 197 g/mol. The number of aromatic nitrogens is 2. The van der Waals surface area contributed by atoms with E-state index in [4.69, 9.17) is 4.52 Å². The fraction of sp³-hybridized carbons (Fsp3) is 0.778. The summed E-state index contributed by atoms with van der Waals surface area (Å²) in [7, 11) is 0. The molecule has 5 heteroatoms. The van der Waals surface area contributed by atoms with Crippen LogP contribution in [0.25, 0.3) is 0 Å². The van der Waals surface area contributed by atoms with E-state index in [-0.39, 0.29) is 0 Å². The summed E-state index contributed by atoms with van der Waals surface area (Å²) in [5, 5.41) is 13.5. The van der Waals surface area contributed by atoms with Crippen LogP contribution in [0.1, 0.15) is 25.1 Å². The Labute approximate surface area is 82.7 Å². The first kappa shape index (κ1) is 9.61. The van der Waals surface area contributed by atoms with E-state index in [0.717, 1.165) is 13.0 Å². The zero-order chi connectivity index (χ0) is 10.2. The summed E-state index contributed by atoms with van der Waals surface area (Å²) in [5.41, 5.74) is -0.560. The number of likely N-dealkylation sites (tertiary alicyclic amines) is 1. The van der Waals surface area contributed by atoms with Crippen molar-refractivity contribution in [2.45, 2.75) is 32.4 Å². The molecular weight excluding hydrogens is 182 g/mol. The molecule has 0 bridgehead atoms. The summed E-state index contributed by atoms with van der Waals surface area (Å²) < 4.78 is 5.01. The second kappa shape index (κ2) is 3.33. The SMILES string of the molecule is Cc1noc(CN2CCC(C)(O)C2)n1. The number of aryl methyl sites for hydroxylation is 1. The maximum absolute atomic E-state index is 9.74. The van der Waals surface area contributed by atoms with Crippen LogP contribution in [0.15, 0.2) is 4.52 Å². The highest BCUT2D eigenvalue weighted by molar-refractivity contribution is 4.89. The lowest BCUT2D eigenvalue weighted by molar-refractivity contribution is 0.0665. The van der Waals surface area contributed by atoms with E-state index in [9.17, 15) is 5.11 Å². The standard InChI is InChI=1S/C9H15N3O2/c1-7-10-8(14-11-7)5-12-4-3-9(2,13)6-12/h13H,3-6H2,1-2H3. The molecule has 1 atom stereocenters. The van der Waals surface area contributed by atoms with Gasteiger partial charge in [-0.15, -0.1) is 0 Å². The third-order valence-corrected chi connectivity index (χ3v) is 2.46. The van der Waals surface area contributed by atoms with Gasteiger partial charge in [0.25, 0.3) is 0 Å². The Kier molecular flexibility index (Phi) is 2.28. The minimum atomic E-state index is -0.560. The third-order valence-electron chi connectivity index (χ3n) is 2.46. The van der Waals surface area contributed by atoms with Crippen molar-refractivity contribution in [3.8, 4) is 0 Å². The number of hydrogen-bond donors (Lipinski definition) is 1. The normalized spacial score (nSPS) is 28.5. The lowest BCUT2D eigenvalue weighted by Gasteiger charge is -2.16. The molecular formula is C9H15N3O2. The van der Waals surface area contributed by atoms with Gasteiger partial charge in [0.15, 0.2) is 5.82 Å². The Balaban J connectivity index is 1.94. The predicted molar refractivity (Wildman–Crippen MR) is 49.6 cm³/mol. The minimum Gasteiger partial charge on any atom is -0.389 e. The van der Waals surface area contributed by atoms with Crippen molar-refractivity contribution in [3.63, 3.8) is 0 Å². The molecule has 1 N–H and O–H groups in total. The van der Waals surface area contributed by atoms with E-state index in [2.05, 4.69) is 15.0 Å². The lowest BCUT2D eigenvalue weighted by atomic mass is 10.1. The van der Waals surface area contributed by atoms with Gasteiger partial charge in [-0.2, -0.15) is 4.98 Å².